The molecule has 39 heavy (non-hydrogen) atoms. The van der Waals surface area contributed by atoms with Gasteiger partial charge in [0.2, 0.25) is 0 Å². The van der Waals surface area contributed by atoms with Crippen molar-refractivity contribution in [3.8, 4) is 0 Å². The Bertz CT molecular complexity index is 1350. The Labute approximate surface area is 229 Å². The maximum absolute atomic E-state index is 14.4. The summed E-state index contributed by atoms with van der Waals surface area (Å²) in [4.78, 5) is 32.2. The number of ketones is 1. The first kappa shape index (κ1) is 25.2. The van der Waals surface area contributed by atoms with Crippen molar-refractivity contribution in [2.75, 3.05) is 19.7 Å². The third kappa shape index (κ3) is 4.69. The molecular weight excluding hydrogens is 484 g/mol. The van der Waals surface area contributed by atoms with Crippen molar-refractivity contribution >= 4 is 11.8 Å². The number of hydrogen-bond donors (Lipinski definition) is 0. The first-order chi connectivity index (χ1) is 19.1. The van der Waals surface area contributed by atoms with Gasteiger partial charge in [-0.15, -0.1) is 0 Å². The molecule has 4 aromatic carbocycles. The predicted molar refractivity (Wildman–Crippen MR) is 151 cm³/mol. The van der Waals surface area contributed by atoms with Gasteiger partial charge in [-0.3, -0.25) is 14.6 Å². The Hall–Kier alpha value is -4.06. The fourth-order valence-electron chi connectivity index (χ4n) is 5.89. The largest absolute Gasteiger partial charge is 0.464 e. The van der Waals surface area contributed by atoms with Gasteiger partial charge in [0.15, 0.2) is 11.3 Å². The second-order valence-electron chi connectivity index (χ2n) is 10.2. The van der Waals surface area contributed by atoms with Crippen LogP contribution in [-0.2, 0) is 14.3 Å². The van der Waals surface area contributed by atoms with Crippen LogP contribution in [-0.4, -0.2) is 52.8 Å². The van der Waals surface area contributed by atoms with Crippen LogP contribution in [0.25, 0.3) is 0 Å². The van der Waals surface area contributed by atoms with Crippen molar-refractivity contribution in [1.29, 1.82) is 0 Å². The molecule has 0 spiro atoms. The molecule has 0 saturated carbocycles. The number of Topliss-reactive ketones (excluding diaryl/α,β-unsaturated/α-hetero) is 1. The van der Waals surface area contributed by atoms with Gasteiger partial charge in [0, 0.05) is 13.1 Å². The number of carbonyl (C=O) groups excluding carboxylic acids is 2. The fraction of sp³-hybridized carbons (Fsp3) is 0.235. The van der Waals surface area contributed by atoms with E-state index in [0.717, 1.165) is 22.3 Å². The van der Waals surface area contributed by atoms with E-state index in [-0.39, 0.29) is 30.5 Å². The molecule has 2 fully saturated rings. The van der Waals surface area contributed by atoms with Gasteiger partial charge in [0.05, 0.1) is 24.7 Å². The topological polar surface area (TPSA) is 49.4 Å². The molecule has 4 atom stereocenters. The van der Waals surface area contributed by atoms with Crippen molar-refractivity contribution in [2.45, 2.75) is 30.6 Å². The molecule has 0 bridgehead atoms. The highest BCUT2D eigenvalue weighted by Crippen LogP contribution is 2.49. The summed E-state index contributed by atoms with van der Waals surface area (Å²) in [6, 6.07) is 40.0. The van der Waals surface area contributed by atoms with Gasteiger partial charge >= 0.3 is 5.97 Å². The fourth-order valence-corrected chi connectivity index (χ4v) is 5.89. The summed E-state index contributed by atoms with van der Waals surface area (Å²) >= 11 is 0. The van der Waals surface area contributed by atoms with E-state index in [1.807, 2.05) is 77.7 Å². The standard InChI is InChI=1S/C34H32N2O3/c1-2-39-33(38)34(24-36(34)31(27-19-11-5-12-20-27)28-21-13-6-14-22-28)32(37)29-23-35(29)30(25-15-7-3-8-16-25)26-17-9-4-10-18-26/h3-22,29-31H,2,23-24H2,1H3/t29-,34+,35?,36?/m1/s1. The quantitative estimate of drug-likeness (QED) is 0.160. The average molecular weight is 517 g/mol. The van der Waals surface area contributed by atoms with Crippen LogP contribution in [0.4, 0.5) is 0 Å². The molecule has 4 aromatic rings. The number of rotatable bonds is 10. The minimum absolute atomic E-state index is 0.0631. The van der Waals surface area contributed by atoms with Crippen molar-refractivity contribution in [1.82, 2.24) is 9.80 Å². The maximum atomic E-state index is 14.4. The van der Waals surface area contributed by atoms with E-state index in [4.69, 9.17) is 4.74 Å². The summed E-state index contributed by atoms with van der Waals surface area (Å²) < 4.78 is 5.57. The summed E-state index contributed by atoms with van der Waals surface area (Å²) in [5.41, 5.74) is 3.04. The molecule has 2 heterocycles. The Morgan fingerprint density at radius 2 is 1.13 bits per heavy atom. The number of nitrogens with zero attached hydrogens (tertiary/aromatic N) is 2. The summed E-state index contributed by atoms with van der Waals surface area (Å²) in [7, 11) is 0. The van der Waals surface area contributed by atoms with Crippen molar-refractivity contribution in [3.63, 3.8) is 0 Å². The van der Waals surface area contributed by atoms with Crippen LogP contribution >= 0.6 is 0 Å². The minimum Gasteiger partial charge on any atom is -0.464 e. The third-order valence-corrected chi connectivity index (χ3v) is 7.86. The maximum Gasteiger partial charge on any atom is 0.335 e. The first-order valence-electron chi connectivity index (χ1n) is 13.6. The van der Waals surface area contributed by atoms with E-state index < -0.39 is 11.5 Å². The van der Waals surface area contributed by atoms with Gasteiger partial charge < -0.3 is 4.74 Å². The van der Waals surface area contributed by atoms with Crippen molar-refractivity contribution in [2.24, 2.45) is 0 Å². The molecule has 0 aliphatic carbocycles. The van der Waals surface area contributed by atoms with Crippen LogP contribution in [0.15, 0.2) is 121 Å². The predicted octanol–water partition coefficient (Wildman–Crippen LogP) is 5.44. The van der Waals surface area contributed by atoms with E-state index >= 15 is 0 Å². The lowest BCUT2D eigenvalue weighted by molar-refractivity contribution is -0.151. The molecule has 2 aliphatic heterocycles. The van der Waals surface area contributed by atoms with E-state index in [1.165, 1.54) is 0 Å². The molecule has 6 rings (SSSR count). The molecule has 2 unspecified atom stereocenters. The third-order valence-electron chi connectivity index (χ3n) is 7.86. The number of benzene rings is 4. The number of esters is 1. The minimum atomic E-state index is -1.30. The highest BCUT2D eigenvalue weighted by Gasteiger charge is 2.71. The van der Waals surface area contributed by atoms with Crippen LogP contribution in [0.1, 0.15) is 41.3 Å². The molecule has 0 amide bonds. The highest BCUT2D eigenvalue weighted by molar-refractivity contribution is 6.15. The zero-order valence-electron chi connectivity index (χ0n) is 22.0. The Kier molecular flexibility index (Phi) is 6.86. The van der Waals surface area contributed by atoms with E-state index in [0.29, 0.717) is 13.1 Å². The second kappa shape index (κ2) is 10.6. The van der Waals surface area contributed by atoms with Crippen LogP contribution in [0.5, 0.6) is 0 Å². The number of carbonyl (C=O) groups is 2. The summed E-state index contributed by atoms with van der Waals surface area (Å²) in [5, 5.41) is 0. The van der Waals surface area contributed by atoms with Gasteiger partial charge in [-0.05, 0) is 29.2 Å². The van der Waals surface area contributed by atoms with Crippen LogP contribution < -0.4 is 0 Å². The molecule has 196 valence electrons. The molecule has 2 saturated heterocycles. The lowest BCUT2D eigenvalue weighted by Crippen LogP contribution is -2.44. The molecule has 5 heteroatoms. The lowest BCUT2D eigenvalue weighted by atomic mass is 9.95. The Morgan fingerprint density at radius 3 is 1.54 bits per heavy atom. The zero-order chi connectivity index (χ0) is 26.8. The van der Waals surface area contributed by atoms with Gasteiger partial charge in [-0.25, -0.2) is 4.79 Å². The van der Waals surface area contributed by atoms with Gasteiger partial charge in [0.25, 0.3) is 0 Å². The van der Waals surface area contributed by atoms with Crippen LogP contribution in [0.3, 0.4) is 0 Å². The van der Waals surface area contributed by atoms with Crippen molar-refractivity contribution in [3.05, 3.63) is 144 Å². The average Bonchev–Trinajstić information content (AvgIpc) is 3.92. The molecular formula is C34H32N2O3. The first-order valence-corrected chi connectivity index (χ1v) is 13.6. The van der Waals surface area contributed by atoms with Crippen molar-refractivity contribution < 1.29 is 14.3 Å². The molecule has 5 nitrogen and oxygen atoms in total. The lowest BCUT2D eigenvalue weighted by Gasteiger charge is -2.25. The van der Waals surface area contributed by atoms with Crippen LogP contribution in [0.2, 0.25) is 0 Å². The van der Waals surface area contributed by atoms with Gasteiger partial charge in [-0.2, -0.15) is 0 Å². The Balaban J connectivity index is 1.35. The van der Waals surface area contributed by atoms with E-state index in [2.05, 4.69) is 53.4 Å². The second-order valence-corrected chi connectivity index (χ2v) is 10.2. The molecule has 2 aliphatic rings. The smallest absolute Gasteiger partial charge is 0.335 e. The van der Waals surface area contributed by atoms with E-state index in [1.54, 1.807) is 6.92 Å². The molecule has 0 aromatic heterocycles. The van der Waals surface area contributed by atoms with Crippen LogP contribution in [0, 0.1) is 0 Å². The highest BCUT2D eigenvalue weighted by atomic mass is 16.5. The summed E-state index contributed by atoms with van der Waals surface area (Å²) in [6.45, 7) is 2.96. The monoisotopic (exact) mass is 516 g/mol. The SMILES string of the molecule is CCOC(=O)[C@@]1(C(=O)[C@H]2CN2C(c2ccccc2)c2ccccc2)CN1C(c1ccccc1)c1ccccc1. The summed E-state index contributed by atoms with van der Waals surface area (Å²) in [6.07, 6.45) is 0. The normalized spacial score (nSPS) is 23.4. The van der Waals surface area contributed by atoms with Gasteiger partial charge in [0.1, 0.15) is 0 Å². The summed E-state index contributed by atoms with van der Waals surface area (Å²) in [5.74, 6) is -0.524. The number of ether oxygens (including phenoxy) is 1. The Morgan fingerprint density at radius 1 is 0.718 bits per heavy atom. The van der Waals surface area contributed by atoms with Gasteiger partial charge in [-0.1, -0.05) is 121 Å². The molecule has 0 radical (unpaired) electrons. The zero-order valence-corrected chi connectivity index (χ0v) is 22.0. The molecule has 0 N–H and O–H groups in total. The van der Waals surface area contributed by atoms with E-state index in [9.17, 15) is 9.59 Å². The number of hydrogen-bond acceptors (Lipinski definition) is 5.